The van der Waals surface area contributed by atoms with E-state index in [-0.39, 0.29) is 0 Å². The van der Waals surface area contributed by atoms with Crippen LogP contribution in [0.25, 0.3) is 0 Å². The molecule has 3 heteroatoms. The second kappa shape index (κ2) is 2.35. The Balaban J connectivity index is 2.70. The van der Waals surface area contributed by atoms with E-state index in [0.29, 0.717) is 0 Å². The molecule has 0 saturated heterocycles. The predicted molar refractivity (Wildman–Crippen MR) is 47.0 cm³/mol. The molecule has 1 aliphatic heterocycles. The maximum absolute atomic E-state index is 5.18. The van der Waals surface area contributed by atoms with Gasteiger partial charge in [-0.3, -0.25) is 0 Å². The summed E-state index contributed by atoms with van der Waals surface area (Å²) in [5, 5.41) is 0. The molecule has 1 aliphatic rings. The molecular formula is C7H5NSSe. The first kappa shape index (κ1) is 6.35. The molecule has 1 atom stereocenters. The molecule has 0 aromatic heterocycles. The Kier molecular flexibility index (Phi) is 1.49. The zero-order valence-electron chi connectivity index (χ0n) is 5.15. The van der Waals surface area contributed by atoms with Crippen LogP contribution in [0.15, 0.2) is 28.3 Å². The van der Waals surface area contributed by atoms with E-state index >= 15 is 0 Å². The van der Waals surface area contributed by atoms with E-state index < -0.39 is 12.5 Å². The van der Waals surface area contributed by atoms with Crippen molar-refractivity contribution in [2.24, 2.45) is 4.01 Å². The van der Waals surface area contributed by atoms with E-state index in [2.05, 4.69) is 16.1 Å². The van der Waals surface area contributed by atoms with Gasteiger partial charge in [0.25, 0.3) is 0 Å². The molecule has 10 heavy (non-hydrogen) atoms. The maximum atomic E-state index is 5.18. The summed E-state index contributed by atoms with van der Waals surface area (Å²) < 4.78 is 5.51. The average Bonchev–Trinajstić information content (AvgIpc) is 2.34. The predicted octanol–water partition coefficient (Wildman–Crippen LogP) is 1.01. The Hall–Kier alpha value is -0.371. The molecule has 0 spiro atoms. The third-order valence-electron chi connectivity index (χ3n) is 1.39. The van der Waals surface area contributed by atoms with Gasteiger partial charge in [-0.2, -0.15) is 0 Å². The van der Waals surface area contributed by atoms with Gasteiger partial charge in [-0.25, -0.2) is 0 Å². The molecule has 0 aliphatic carbocycles. The van der Waals surface area contributed by atoms with Crippen molar-refractivity contribution in [3.8, 4) is 0 Å². The van der Waals surface area contributed by atoms with Gasteiger partial charge in [0.15, 0.2) is 0 Å². The summed E-state index contributed by atoms with van der Waals surface area (Å²) >= 11 is -1.17. The topological polar surface area (TPSA) is 12.4 Å². The van der Waals surface area contributed by atoms with Crippen LogP contribution in [0, 0.1) is 0 Å². The Labute approximate surface area is 67.7 Å². The van der Waals surface area contributed by atoms with Crippen LogP contribution in [0.3, 0.4) is 0 Å². The van der Waals surface area contributed by atoms with Crippen LogP contribution in [0.5, 0.6) is 0 Å². The molecule has 2 rings (SSSR count). The van der Waals surface area contributed by atoms with Gasteiger partial charge in [-0.1, -0.05) is 0 Å². The molecule has 0 bridgehead atoms. The van der Waals surface area contributed by atoms with Gasteiger partial charge < -0.3 is 0 Å². The standard InChI is InChI=1S/C7H5NSSe/c9-10-7-4-2-1-3-6(7)5-8-10/h1-5H. The van der Waals surface area contributed by atoms with Crippen LogP contribution >= 0.6 is 10.6 Å². The Morgan fingerprint density at radius 3 is 2.90 bits per heavy atom. The van der Waals surface area contributed by atoms with Gasteiger partial charge in [-0.15, -0.1) is 0 Å². The number of hydrogen-bond acceptors (Lipinski definition) is 1. The van der Waals surface area contributed by atoms with Gasteiger partial charge in [0.05, 0.1) is 0 Å². The van der Waals surface area contributed by atoms with Crippen LogP contribution < -0.4 is 4.46 Å². The van der Waals surface area contributed by atoms with E-state index in [1.807, 2.05) is 18.3 Å². The molecule has 0 fully saturated rings. The molecule has 1 unspecified atom stereocenters. The molecule has 0 amide bonds. The van der Waals surface area contributed by atoms with E-state index in [1.54, 1.807) is 0 Å². The quantitative estimate of drug-likeness (QED) is 0.587. The minimum absolute atomic E-state index is 1.17. The fraction of sp³-hybridized carbons (Fsp3) is 0. The molecule has 0 saturated carbocycles. The van der Waals surface area contributed by atoms with Gasteiger partial charge in [-0.05, 0) is 0 Å². The van der Waals surface area contributed by atoms with Gasteiger partial charge >= 0.3 is 67.6 Å². The van der Waals surface area contributed by atoms with Gasteiger partial charge in [0, 0.05) is 0 Å². The van der Waals surface area contributed by atoms with Crippen molar-refractivity contribution in [3.63, 3.8) is 0 Å². The van der Waals surface area contributed by atoms with Crippen LogP contribution in [0.2, 0.25) is 0 Å². The second-order valence-corrected chi connectivity index (χ2v) is 6.07. The van der Waals surface area contributed by atoms with Gasteiger partial charge in [0.1, 0.15) is 0 Å². The zero-order valence-corrected chi connectivity index (χ0v) is 7.68. The number of rotatable bonds is 0. The van der Waals surface area contributed by atoms with Crippen molar-refractivity contribution in [2.45, 2.75) is 0 Å². The van der Waals surface area contributed by atoms with Crippen molar-refractivity contribution in [1.29, 1.82) is 0 Å². The molecule has 1 heterocycles. The van der Waals surface area contributed by atoms with Gasteiger partial charge in [0.2, 0.25) is 0 Å². The summed E-state index contributed by atoms with van der Waals surface area (Å²) in [4.78, 5) is 0. The number of hydrogen-bond donors (Lipinski definition) is 0. The summed E-state index contributed by atoms with van der Waals surface area (Å²) in [5.41, 5.74) is 1.22. The first-order valence-corrected chi connectivity index (χ1v) is 6.98. The number of benzene rings is 1. The fourth-order valence-corrected chi connectivity index (χ4v) is 3.68. The van der Waals surface area contributed by atoms with Crippen molar-refractivity contribution in [1.82, 2.24) is 0 Å². The number of fused-ring (bicyclic) bond motifs is 1. The van der Waals surface area contributed by atoms with Crippen molar-refractivity contribution >= 4 is 33.7 Å². The SMILES string of the molecule is S=[Se]1N=Cc2ccccc21. The van der Waals surface area contributed by atoms with Crippen LogP contribution in [-0.2, 0) is 0 Å². The van der Waals surface area contributed by atoms with Crippen LogP contribution in [0.4, 0.5) is 0 Å². The Morgan fingerprint density at radius 2 is 2.10 bits per heavy atom. The summed E-state index contributed by atoms with van der Waals surface area (Å²) in [6.45, 7) is 0. The molecule has 50 valence electrons. The Bertz CT molecular complexity index is 319. The van der Waals surface area contributed by atoms with Crippen LogP contribution in [0.1, 0.15) is 5.56 Å². The van der Waals surface area contributed by atoms with E-state index in [9.17, 15) is 0 Å². The van der Waals surface area contributed by atoms with E-state index in [1.165, 1.54) is 10.0 Å². The first-order valence-electron chi connectivity index (χ1n) is 2.93. The molecule has 1 aromatic carbocycles. The summed E-state index contributed by atoms with van der Waals surface area (Å²) in [6.07, 6.45) is 1.90. The third-order valence-corrected chi connectivity index (χ3v) is 4.97. The number of nitrogens with zero attached hydrogens (tertiary/aromatic N) is 1. The monoisotopic (exact) mass is 215 g/mol. The Morgan fingerprint density at radius 1 is 1.30 bits per heavy atom. The summed E-state index contributed by atoms with van der Waals surface area (Å²) in [5.74, 6) is 0. The normalized spacial score (nSPS) is 21.0. The third kappa shape index (κ3) is 0.870. The van der Waals surface area contributed by atoms with Crippen molar-refractivity contribution < 1.29 is 0 Å². The van der Waals surface area contributed by atoms with E-state index in [4.69, 9.17) is 10.6 Å². The first-order chi connectivity index (χ1) is 4.88. The van der Waals surface area contributed by atoms with Crippen molar-refractivity contribution in [2.75, 3.05) is 0 Å². The van der Waals surface area contributed by atoms with Crippen molar-refractivity contribution in [3.05, 3.63) is 29.8 Å². The summed E-state index contributed by atoms with van der Waals surface area (Å²) in [6, 6.07) is 8.19. The minimum atomic E-state index is -1.17. The average molecular weight is 214 g/mol. The molecule has 0 radical (unpaired) electrons. The molecule has 1 nitrogen and oxygen atoms in total. The second-order valence-electron chi connectivity index (χ2n) is 2.02. The molecule has 1 aromatic rings. The van der Waals surface area contributed by atoms with Crippen LogP contribution in [-0.4, -0.2) is 18.7 Å². The molecule has 0 N–H and O–H groups in total. The molecular weight excluding hydrogens is 209 g/mol. The fourth-order valence-electron chi connectivity index (χ4n) is 0.908. The summed E-state index contributed by atoms with van der Waals surface area (Å²) in [7, 11) is 5.18. The van der Waals surface area contributed by atoms with E-state index in [0.717, 1.165) is 0 Å². The zero-order chi connectivity index (χ0) is 6.97.